The molecule has 0 radical (unpaired) electrons. The maximum absolute atomic E-state index is 12.6. The minimum atomic E-state index is -1.06. The summed E-state index contributed by atoms with van der Waals surface area (Å²) in [6, 6.07) is 16.9. The van der Waals surface area contributed by atoms with Crippen LogP contribution in [0.25, 0.3) is 0 Å². The van der Waals surface area contributed by atoms with Crippen molar-refractivity contribution in [1.82, 2.24) is 4.90 Å². The van der Waals surface area contributed by atoms with E-state index in [0.717, 1.165) is 11.1 Å². The number of benzene rings is 2. The first-order valence-electron chi connectivity index (χ1n) is 6.76. The van der Waals surface area contributed by atoms with Gasteiger partial charge in [0.25, 0.3) is 0 Å². The summed E-state index contributed by atoms with van der Waals surface area (Å²) in [5.74, 6) is -0.145. The van der Waals surface area contributed by atoms with Crippen molar-refractivity contribution >= 4 is 17.5 Å². The van der Waals surface area contributed by atoms with Crippen LogP contribution in [0.15, 0.2) is 54.6 Å². The molecule has 2 N–H and O–H groups in total. The normalized spacial score (nSPS) is 13.5. The lowest BCUT2D eigenvalue weighted by molar-refractivity contribution is -0.136. The van der Waals surface area contributed by atoms with Crippen LogP contribution in [-0.2, 0) is 16.9 Å². The Hall–Kier alpha value is -1.84. The van der Waals surface area contributed by atoms with Gasteiger partial charge in [-0.2, -0.15) is 0 Å². The molecule has 4 heteroatoms. The zero-order valence-electron chi connectivity index (χ0n) is 12.2. The van der Waals surface area contributed by atoms with Crippen LogP contribution < -0.4 is 5.73 Å². The highest BCUT2D eigenvalue weighted by Gasteiger charge is 2.33. The van der Waals surface area contributed by atoms with E-state index in [9.17, 15) is 4.79 Å². The second kappa shape index (κ2) is 6.29. The third-order valence-electron chi connectivity index (χ3n) is 3.53. The number of nitrogens with two attached hydrogens (primary N) is 1. The third kappa shape index (κ3) is 3.43. The van der Waals surface area contributed by atoms with Crippen LogP contribution >= 0.6 is 11.6 Å². The highest BCUT2D eigenvalue weighted by atomic mass is 35.5. The second-order valence-corrected chi connectivity index (χ2v) is 5.73. The second-order valence-electron chi connectivity index (χ2n) is 5.32. The van der Waals surface area contributed by atoms with E-state index in [1.165, 1.54) is 0 Å². The van der Waals surface area contributed by atoms with Gasteiger partial charge >= 0.3 is 0 Å². The summed E-state index contributed by atoms with van der Waals surface area (Å²) in [4.78, 5) is 14.2. The Balaban J connectivity index is 2.18. The van der Waals surface area contributed by atoms with Crippen LogP contribution in [0, 0.1) is 0 Å². The van der Waals surface area contributed by atoms with Crippen molar-refractivity contribution in [3.63, 3.8) is 0 Å². The third-order valence-corrected chi connectivity index (χ3v) is 3.90. The molecule has 0 aliphatic rings. The van der Waals surface area contributed by atoms with Crippen molar-refractivity contribution < 1.29 is 4.79 Å². The van der Waals surface area contributed by atoms with Crippen LogP contribution in [-0.4, -0.2) is 17.9 Å². The lowest BCUT2D eigenvalue weighted by atomic mass is 9.91. The largest absolute Gasteiger partial charge is 0.339 e. The fourth-order valence-corrected chi connectivity index (χ4v) is 2.45. The first-order chi connectivity index (χ1) is 9.93. The van der Waals surface area contributed by atoms with E-state index in [0.29, 0.717) is 11.6 Å². The van der Waals surface area contributed by atoms with Crippen LogP contribution in [0.3, 0.4) is 0 Å². The standard InChI is InChI=1S/C17H19ClN2O/c1-17(19,14-9-4-3-5-10-14)16(21)20(2)12-13-8-6-7-11-15(13)18/h3-11H,12,19H2,1-2H3. The molecule has 0 spiro atoms. The Morgan fingerprint density at radius 2 is 1.71 bits per heavy atom. The SMILES string of the molecule is CN(Cc1ccccc1Cl)C(=O)C(C)(N)c1ccccc1. The molecule has 0 heterocycles. The van der Waals surface area contributed by atoms with E-state index < -0.39 is 5.54 Å². The van der Waals surface area contributed by atoms with Crippen molar-refractivity contribution in [2.24, 2.45) is 5.73 Å². The number of hydrogen-bond donors (Lipinski definition) is 1. The minimum Gasteiger partial charge on any atom is -0.339 e. The van der Waals surface area contributed by atoms with Crippen LogP contribution in [0.5, 0.6) is 0 Å². The summed E-state index contributed by atoms with van der Waals surface area (Å²) in [7, 11) is 1.74. The Morgan fingerprint density at radius 3 is 2.33 bits per heavy atom. The molecule has 110 valence electrons. The quantitative estimate of drug-likeness (QED) is 0.943. The van der Waals surface area contributed by atoms with Crippen LogP contribution in [0.4, 0.5) is 0 Å². The molecular weight excluding hydrogens is 284 g/mol. The number of halogens is 1. The van der Waals surface area contributed by atoms with E-state index in [2.05, 4.69) is 0 Å². The van der Waals surface area contributed by atoms with Gasteiger partial charge in [0.05, 0.1) is 0 Å². The van der Waals surface area contributed by atoms with Gasteiger partial charge in [0.15, 0.2) is 0 Å². The molecule has 0 saturated heterocycles. The van der Waals surface area contributed by atoms with Crippen LogP contribution in [0.2, 0.25) is 5.02 Å². The molecule has 0 saturated carbocycles. The van der Waals surface area contributed by atoms with Gasteiger partial charge in [-0.05, 0) is 24.1 Å². The molecule has 1 unspecified atom stereocenters. The van der Waals surface area contributed by atoms with Crippen molar-refractivity contribution in [2.45, 2.75) is 19.0 Å². The lowest BCUT2D eigenvalue weighted by Gasteiger charge is -2.30. The summed E-state index contributed by atoms with van der Waals surface area (Å²) >= 11 is 6.14. The first kappa shape index (κ1) is 15.5. The van der Waals surface area contributed by atoms with Crippen molar-refractivity contribution in [2.75, 3.05) is 7.05 Å². The first-order valence-corrected chi connectivity index (χ1v) is 7.14. The molecule has 0 fully saturated rings. The van der Waals surface area contributed by atoms with Gasteiger partial charge in [-0.15, -0.1) is 0 Å². The number of amides is 1. The summed E-state index contributed by atoms with van der Waals surface area (Å²) in [5, 5.41) is 0.649. The van der Waals surface area contributed by atoms with Gasteiger partial charge < -0.3 is 10.6 Å². The average Bonchev–Trinajstić information content (AvgIpc) is 2.49. The number of likely N-dealkylation sites (N-methyl/N-ethyl adjacent to an activating group) is 1. The predicted molar refractivity (Wildman–Crippen MR) is 85.9 cm³/mol. The van der Waals surface area contributed by atoms with E-state index in [1.54, 1.807) is 18.9 Å². The van der Waals surface area contributed by atoms with Crippen molar-refractivity contribution in [1.29, 1.82) is 0 Å². The zero-order valence-corrected chi connectivity index (χ0v) is 13.0. The van der Waals surface area contributed by atoms with Gasteiger partial charge in [0.2, 0.25) is 5.91 Å². The number of carbonyl (C=O) groups is 1. The van der Waals surface area contributed by atoms with E-state index >= 15 is 0 Å². The predicted octanol–water partition coefficient (Wildman–Crippen LogP) is 3.17. The smallest absolute Gasteiger partial charge is 0.247 e. The van der Waals surface area contributed by atoms with Crippen LogP contribution in [0.1, 0.15) is 18.1 Å². The van der Waals surface area contributed by atoms with Gasteiger partial charge in [-0.3, -0.25) is 4.79 Å². The Bertz CT molecular complexity index is 626. The summed E-state index contributed by atoms with van der Waals surface area (Å²) in [5.41, 5.74) is 6.89. The highest BCUT2D eigenvalue weighted by Crippen LogP contribution is 2.22. The number of hydrogen-bond acceptors (Lipinski definition) is 2. The van der Waals surface area contributed by atoms with Crippen molar-refractivity contribution in [3.8, 4) is 0 Å². The maximum Gasteiger partial charge on any atom is 0.247 e. The number of nitrogens with zero attached hydrogens (tertiary/aromatic N) is 1. The van der Waals surface area contributed by atoms with E-state index in [4.69, 9.17) is 17.3 Å². The number of rotatable bonds is 4. The average molecular weight is 303 g/mol. The van der Waals surface area contributed by atoms with Gasteiger partial charge in [-0.25, -0.2) is 0 Å². The van der Waals surface area contributed by atoms with E-state index in [1.807, 2.05) is 54.6 Å². The molecule has 2 aromatic carbocycles. The summed E-state index contributed by atoms with van der Waals surface area (Å²) in [6.07, 6.45) is 0. The molecule has 0 aliphatic heterocycles. The molecule has 21 heavy (non-hydrogen) atoms. The van der Waals surface area contributed by atoms with E-state index in [-0.39, 0.29) is 5.91 Å². The summed E-state index contributed by atoms with van der Waals surface area (Å²) in [6.45, 7) is 2.16. The van der Waals surface area contributed by atoms with Gasteiger partial charge in [0.1, 0.15) is 5.54 Å². The zero-order chi connectivity index (χ0) is 15.5. The molecule has 0 bridgehead atoms. The molecule has 0 aliphatic carbocycles. The monoisotopic (exact) mass is 302 g/mol. The fourth-order valence-electron chi connectivity index (χ4n) is 2.26. The van der Waals surface area contributed by atoms with Gasteiger partial charge in [-0.1, -0.05) is 60.1 Å². The number of carbonyl (C=O) groups excluding carboxylic acids is 1. The van der Waals surface area contributed by atoms with Crippen molar-refractivity contribution in [3.05, 3.63) is 70.7 Å². The molecule has 2 aromatic rings. The topological polar surface area (TPSA) is 46.3 Å². The molecule has 1 atom stereocenters. The lowest BCUT2D eigenvalue weighted by Crippen LogP contribution is -2.49. The molecule has 2 rings (SSSR count). The summed E-state index contributed by atoms with van der Waals surface area (Å²) < 4.78 is 0. The fraction of sp³-hybridized carbons (Fsp3) is 0.235. The van der Waals surface area contributed by atoms with Gasteiger partial charge in [0, 0.05) is 18.6 Å². The highest BCUT2D eigenvalue weighted by molar-refractivity contribution is 6.31. The molecule has 1 amide bonds. The molecule has 0 aromatic heterocycles. The molecular formula is C17H19ClN2O. The Kier molecular flexibility index (Phi) is 4.66. The maximum atomic E-state index is 12.6. The Morgan fingerprint density at radius 1 is 1.14 bits per heavy atom. The minimum absolute atomic E-state index is 0.145. The Labute approximate surface area is 130 Å². The molecule has 3 nitrogen and oxygen atoms in total.